The lowest BCUT2D eigenvalue weighted by Gasteiger charge is -2.04. The summed E-state index contributed by atoms with van der Waals surface area (Å²) in [4.78, 5) is 1.20. The Balaban J connectivity index is 3.07. The molecule has 0 fully saturated rings. The van der Waals surface area contributed by atoms with Gasteiger partial charge in [-0.05, 0) is 43.3 Å². The van der Waals surface area contributed by atoms with Gasteiger partial charge < -0.3 is 0 Å². The molecule has 1 heterocycles. The zero-order valence-electron chi connectivity index (χ0n) is 8.90. The number of hydrogen-bond acceptors (Lipinski definition) is 1. The quantitative estimate of drug-likeness (QED) is 0.481. The van der Waals surface area contributed by atoms with Crippen LogP contribution in [0.15, 0.2) is 20.9 Å². The third kappa shape index (κ3) is 4.69. The summed E-state index contributed by atoms with van der Waals surface area (Å²) in [6, 6.07) is 4.13. The molecule has 0 bridgehead atoms. The lowest BCUT2D eigenvalue weighted by atomic mass is 10.3. The predicted molar refractivity (Wildman–Crippen MR) is 80.2 cm³/mol. The van der Waals surface area contributed by atoms with Crippen LogP contribution in [-0.2, 0) is 0 Å². The molecule has 0 nitrogen and oxygen atoms in total. The van der Waals surface area contributed by atoms with E-state index in [1.807, 2.05) is 6.07 Å². The highest BCUT2D eigenvalue weighted by Crippen LogP contribution is 2.29. The van der Waals surface area contributed by atoms with Crippen molar-refractivity contribution in [3.05, 3.63) is 25.8 Å². The van der Waals surface area contributed by atoms with Gasteiger partial charge in [-0.15, -0.1) is 16.9 Å². The Hall–Kier alpha value is 0.177. The molecule has 15 heavy (non-hydrogen) atoms. The van der Waals surface area contributed by atoms with E-state index in [4.69, 9.17) is 0 Å². The first-order chi connectivity index (χ1) is 6.90. The molecule has 1 rings (SSSR count). The molecule has 0 aromatic carbocycles. The lowest BCUT2D eigenvalue weighted by molar-refractivity contribution is 1.81. The van der Waals surface area contributed by atoms with Crippen molar-refractivity contribution in [1.82, 2.24) is 0 Å². The predicted octanol–water partition coefficient (Wildman–Crippen LogP) is 5.09. The van der Waals surface area contributed by atoms with E-state index in [0.717, 1.165) is 8.96 Å². The minimum absolute atomic E-state index is 0.934. The average Bonchev–Trinajstić information content (AvgIpc) is 2.54. The molecule has 0 spiro atoms. The number of hydrogen-bond donors (Lipinski definition) is 0. The fourth-order valence-corrected chi connectivity index (χ4v) is 2.99. The molecule has 0 aliphatic carbocycles. The SMILES string of the molecule is C[Si](C)(C)C#CC(=C(Br)Br)c1cccs1. The van der Waals surface area contributed by atoms with E-state index in [2.05, 4.69) is 74.4 Å². The van der Waals surface area contributed by atoms with Crippen molar-refractivity contribution in [3.63, 3.8) is 0 Å². The van der Waals surface area contributed by atoms with Crippen molar-refractivity contribution in [2.45, 2.75) is 19.6 Å². The first kappa shape index (κ1) is 13.2. The van der Waals surface area contributed by atoms with Crippen molar-refractivity contribution in [3.8, 4) is 11.5 Å². The normalized spacial score (nSPS) is 10.5. The summed E-state index contributed by atoms with van der Waals surface area (Å²) in [6.07, 6.45) is 0. The van der Waals surface area contributed by atoms with Gasteiger partial charge in [0.2, 0.25) is 0 Å². The Morgan fingerprint density at radius 3 is 2.40 bits per heavy atom. The van der Waals surface area contributed by atoms with Crippen LogP contribution in [0.4, 0.5) is 0 Å². The fraction of sp³-hybridized carbons (Fsp3) is 0.273. The molecule has 80 valence electrons. The third-order valence-electron chi connectivity index (χ3n) is 1.52. The molecule has 0 aliphatic rings. The van der Waals surface area contributed by atoms with E-state index < -0.39 is 8.07 Å². The zero-order chi connectivity index (χ0) is 11.5. The summed E-state index contributed by atoms with van der Waals surface area (Å²) >= 11 is 8.60. The summed E-state index contributed by atoms with van der Waals surface area (Å²) in [6.45, 7) is 6.73. The molecule has 0 atom stereocenters. The van der Waals surface area contributed by atoms with Gasteiger partial charge in [0.15, 0.2) is 0 Å². The monoisotopic (exact) mass is 362 g/mol. The van der Waals surface area contributed by atoms with Gasteiger partial charge >= 0.3 is 0 Å². The standard InChI is InChI=1S/C11H12Br2SSi/c1-15(2,3)8-6-9(11(12)13)10-5-4-7-14-10/h4-5,7H,1-3H3. The number of halogens is 2. The molecule has 1 aromatic rings. The molecule has 0 saturated carbocycles. The number of rotatable bonds is 1. The van der Waals surface area contributed by atoms with Gasteiger partial charge in [-0.25, -0.2) is 0 Å². The van der Waals surface area contributed by atoms with Crippen LogP contribution in [0.5, 0.6) is 0 Å². The van der Waals surface area contributed by atoms with Crippen molar-refractivity contribution >= 4 is 56.8 Å². The largest absolute Gasteiger partial charge is 0.143 e. The maximum atomic E-state index is 3.45. The zero-order valence-corrected chi connectivity index (χ0v) is 13.9. The number of allylic oxidation sites excluding steroid dienone is 1. The highest BCUT2D eigenvalue weighted by atomic mass is 79.9. The highest BCUT2D eigenvalue weighted by Gasteiger charge is 2.09. The molecule has 0 radical (unpaired) electrons. The second-order valence-electron chi connectivity index (χ2n) is 4.11. The minimum atomic E-state index is -1.31. The van der Waals surface area contributed by atoms with Gasteiger partial charge in [-0.3, -0.25) is 0 Å². The third-order valence-corrected chi connectivity index (χ3v) is 4.07. The average molecular weight is 364 g/mol. The van der Waals surface area contributed by atoms with Gasteiger partial charge in [0, 0.05) is 4.88 Å². The Labute approximate surface area is 113 Å². The maximum Gasteiger partial charge on any atom is 0.129 e. The van der Waals surface area contributed by atoms with E-state index >= 15 is 0 Å². The van der Waals surface area contributed by atoms with Crippen LogP contribution in [-0.4, -0.2) is 8.07 Å². The molecule has 0 N–H and O–H groups in total. The van der Waals surface area contributed by atoms with E-state index in [-0.39, 0.29) is 0 Å². The van der Waals surface area contributed by atoms with E-state index in [1.165, 1.54) is 4.88 Å². The summed E-state index contributed by atoms with van der Waals surface area (Å²) in [5.41, 5.74) is 4.42. The molecule has 1 aromatic heterocycles. The minimum Gasteiger partial charge on any atom is -0.143 e. The van der Waals surface area contributed by atoms with Gasteiger partial charge in [-0.1, -0.05) is 31.6 Å². The van der Waals surface area contributed by atoms with Gasteiger partial charge in [0.25, 0.3) is 0 Å². The molecule has 0 unspecified atom stereocenters. The van der Waals surface area contributed by atoms with Crippen LogP contribution in [0.2, 0.25) is 19.6 Å². The highest BCUT2D eigenvalue weighted by molar-refractivity contribution is 9.28. The topological polar surface area (TPSA) is 0 Å². The Kier molecular flexibility index (Phi) is 4.85. The van der Waals surface area contributed by atoms with Crippen molar-refractivity contribution in [2.24, 2.45) is 0 Å². The fourth-order valence-electron chi connectivity index (χ4n) is 0.873. The smallest absolute Gasteiger partial charge is 0.129 e. The Morgan fingerprint density at radius 2 is 2.00 bits per heavy atom. The molecular weight excluding hydrogens is 352 g/mol. The maximum absolute atomic E-state index is 3.45. The summed E-state index contributed by atoms with van der Waals surface area (Å²) in [5, 5.41) is 2.06. The Morgan fingerprint density at radius 1 is 1.33 bits per heavy atom. The lowest BCUT2D eigenvalue weighted by Crippen LogP contribution is -2.16. The van der Waals surface area contributed by atoms with Crippen molar-refractivity contribution in [1.29, 1.82) is 0 Å². The van der Waals surface area contributed by atoms with Crippen molar-refractivity contribution < 1.29 is 0 Å². The van der Waals surface area contributed by atoms with Gasteiger partial charge in [0.1, 0.15) is 8.07 Å². The van der Waals surface area contributed by atoms with Crippen LogP contribution in [0.3, 0.4) is 0 Å². The molecule has 0 aliphatic heterocycles. The second-order valence-corrected chi connectivity index (χ2v) is 12.5. The Bertz CT molecular complexity index is 412. The molecule has 0 saturated heterocycles. The van der Waals surface area contributed by atoms with E-state index in [0.29, 0.717) is 0 Å². The van der Waals surface area contributed by atoms with E-state index in [9.17, 15) is 0 Å². The first-order valence-electron chi connectivity index (χ1n) is 4.52. The molecular formula is C11H12Br2SSi. The van der Waals surface area contributed by atoms with Crippen LogP contribution in [0, 0.1) is 11.5 Å². The van der Waals surface area contributed by atoms with Gasteiger partial charge in [0.05, 0.1) is 8.96 Å². The van der Waals surface area contributed by atoms with E-state index in [1.54, 1.807) is 11.3 Å². The van der Waals surface area contributed by atoms with Crippen molar-refractivity contribution in [2.75, 3.05) is 0 Å². The summed E-state index contributed by atoms with van der Waals surface area (Å²) < 4.78 is 0.934. The second kappa shape index (κ2) is 5.49. The number of thiophene rings is 1. The molecule has 0 amide bonds. The first-order valence-corrected chi connectivity index (χ1v) is 10.5. The van der Waals surface area contributed by atoms with Gasteiger partial charge in [-0.2, -0.15) is 0 Å². The van der Waals surface area contributed by atoms with Crippen LogP contribution >= 0.6 is 43.2 Å². The summed E-state index contributed by atoms with van der Waals surface area (Å²) in [5.74, 6) is 3.27. The summed E-state index contributed by atoms with van der Waals surface area (Å²) in [7, 11) is -1.31. The molecule has 4 heteroatoms. The van der Waals surface area contributed by atoms with Crippen LogP contribution in [0.1, 0.15) is 4.88 Å². The van der Waals surface area contributed by atoms with Crippen LogP contribution < -0.4 is 0 Å². The van der Waals surface area contributed by atoms with Crippen LogP contribution in [0.25, 0.3) is 5.57 Å².